The van der Waals surface area contributed by atoms with Gasteiger partial charge in [-0.15, -0.1) is 10.2 Å². The number of aromatic amines is 1. The fourth-order valence-corrected chi connectivity index (χ4v) is 6.38. The molecule has 0 spiro atoms. The summed E-state index contributed by atoms with van der Waals surface area (Å²) in [5.74, 6) is -0.447. The number of aromatic nitrogens is 9. The fourth-order valence-electron chi connectivity index (χ4n) is 6.38. The van der Waals surface area contributed by atoms with Crippen LogP contribution in [0, 0.1) is 5.82 Å². The zero-order valence-corrected chi connectivity index (χ0v) is 22.3. The predicted molar refractivity (Wildman–Crippen MR) is 144 cm³/mol. The molecule has 2 saturated heterocycles. The second-order valence-electron chi connectivity index (χ2n) is 10.6. The van der Waals surface area contributed by atoms with Crippen LogP contribution in [0.5, 0.6) is 0 Å². The molecule has 7 heterocycles. The summed E-state index contributed by atoms with van der Waals surface area (Å²) < 4.78 is 17.1. The molecule has 0 radical (unpaired) electrons. The Kier molecular flexibility index (Phi) is 5.66. The Morgan fingerprint density at radius 3 is 2.54 bits per heavy atom. The first-order valence-electron chi connectivity index (χ1n) is 13.3. The summed E-state index contributed by atoms with van der Waals surface area (Å²) in [7, 11) is 1.65. The first kappa shape index (κ1) is 25.0. The van der Waals surface area contributed by atoms with Crippen LogP contribution in [0.4, 0.5) is 10.2 Å². The van der Waals surface area contributed by atoms with E-state index in [4.69, 9.17) is 10.7 Å². The minimum absolute atomic E-state index is 0.0106. The number of carbonyl (C=O) groups excluding carboxylic acids is 2. The van der Waals surface area contributed by atoms with Gasteiger partial charge < -0.3 is 15.6 Å². The average Bonchev–Trinajstić information content (AvgIpc) is 3.74. The predicted octanol–water partition coefficient (Wildman–Crippen LogP) is 2.78. The van der Waals surface area contributed by atoms with Crippen molar-refractivity contribution in [3.05, 3.63) is 59.9 Å². The summed E-state index contributed by atoms with van der Waals surface area (Å²) >= 11 is 0. The number of aryl methyl sites for hydroxylation is 1. The van der Waals surface area contributed by atoms with Crippen molar-refractivity contribution >= 4 is 23.2 Å². The Hall–Kier alpha value is -5.01. The highest BCUT2D eigenvalue weighted by molar-refractivity contribution is 6.00. The van der Waals surface area contributed by atoms with Crippen LogP contribution in [0.15, 0.2) is 37.1 Å². The second kappa shape index (κ2) is 9.28. The first-order chi connectivity index (χ1) is 19.8. The number of H-pyrrole nitrogens is 1. The van der Waals surface area contributed by atoms with Gasteiger partial charge in [-0.3, -0.25) is 19.3 Å². The molecule has 208 valence electrons. The fraction of sp³-hybridized carbons (Fsp3) is 0.333. The van der Waals surface area contributed by atoms with Gasteiger partial charge in [0.25, 0.3) is 5.91 Å². The smallest absolute Gasteiger partial charge is 0.292 e. The van der Waals surface area contributed by atoms with Crippen LogP contribution >= 0.6 is 0 Å². The van der Waals surface area contributed by atoms with E-state index in [-0.39, 0.29) is 47.0 Å². The van der Waals surface area contributed by atoms with E-state index >= 15 is 0 Å². The molecular formula is C27H26FN11O2. The summed E-state index contributed by atoms with van der Waals surface area (Å²) in [6, 6.07) is 3.47. The van der Waals surface area contributed by atoms with E-state index in [0.717, 1.165) is 12.8 Å². The molecule has 5 aromatic rings. The average molecular weight is 556 g/mol. The Morgan fingerprint density at radius 2 is 1.93 bits per heavy atom. The number of nitrogens with two attached hydrogens (primary N) is 1. The molecule has 13 nitrogen and oxygen atoms in total. The molecule has 0 aliphatic carbocycles. The number of fused-ring (bicyclic) bond motifs is 3. The van der Waals surface area contributed by atoms with Gasteiger partial charge in [0.1, 0.15) is 17.8 Å². The minimum atomic E-state index is -0.456. The molecular weight excluding hydrogens is 529 g/mol. The number of hydrogen-bond acceptors (Lipinski definition) is 9. The number of nitrogens with one attached hydrogen (secondary N) is 1. The van der Waals surface area contributed by atoms with Gasteiger partial charge in [0, 0.05) is 42.4 Å². The highest BCUT2D eigenvalue weighted by atomic mass is 19.1. The molecule has 1 amide bonds. The van der Waals surface area contributed by atoms with Crippen LogP contribution in [0.1, 0.15) is 65.2 Å². The molecule has 2 bridgehead atoms. The molecule has 41 heavy (non-hydrogen) atoms. The van der Waals surface area contributed by atoms with Gasteiger partial charge in [-0.25, -0.2) is 9.37 Å². The van der Waals surface area contributed by atoms with Gasteiger partial charge in [-0.1, -0.05) is 6.07 Å². The monoisotopic (exact) mass is 555 g/mol. The maximum Gasteiger partial charge on any atom is 0.292 e. The van der Waals surface area contributed by atoms with E-state index in [1.807, 2.05) is 4.90 Å². The number of amides is 1. The third-order valence-corrected chi connectivity index (χ3v) is 8.14. The number of pyridine rings is 1. The normalized spacial score (nSPS) is 20.2. The molecule has 2 aliphatic heterocycles. The Labute approximate surface area is 232 Å². The lowest BCUT2D eigenvalue weighted by Gasteiger charge is -2.38. The number of nitrogen functional groups attached to an aromatic ring is 1. The van der Waals surface area contributed by atoms with Gasteiger partial charge >= 0.3 is 0 Å². The summed E-state index contributed by atoms with van der Waals surface area (Å²) in [6.45, 7) is 1.48. The number of nitrogens with zero attached hydrogens (tertiary/aromatic N) is 9. The Balaban J connectivity index is 1.26. The van der Waals surface area contributed by atoms with Crippen molar-refractivity contribution in [2.45, 2.75) is 50.6 Å². The third-order valence-electron chi connectivity index (χ3n) is 8.14. The van der Waals surface area contributed by atoms with Crippen LogP contribution in [0.2, 0.25) is 0 Å². The third kappa shape index (κ3) is 3.97. The number of carbonyl (C=O) groups is 2. The molecule has 0 saturated carbocycles. The molecule has 3 N–H and O–H groups in total. The Morgan fingerprint density at radius 1 is 1.15 bits per heavy atom. The highest BCUT2D eigenvalue weighted by Gasteiger charge is 2.45. The number of Topliss-reactive ketones (excluding diaryl/α,β-unsaturated/α-hetero) is 1. The summed E-state index contributed by atoms with van der Waals surface area (Å²) in [4.78, 5) is 40.1. The quantitative estimate of drug-likeness (QED) is 0.310. The maximum atomic E-state index is 14.2. The van der Waals surface area contributed by atoms with Crippen molar-refractivity contribution in [1.82, 2.24) is 49.4 Å². The van der Waals surface area contributed by atoms with Crippen molar-refractivity contribution in [3.63, 3.8) is 0 Å². The van der Waals surface area contributed by atoms with Crippen molar-refractivity contribution in [2.24, 2.45) is 7.05 Å². The van der Waals surface area contributed by atoms with Gasteiger partial charge in [0.05, 0.1) is 29.3 Å². The lowest BCUT2D eigenvalue weighted by atomic mass is 9.85. The summed E-state index contributed by atoms with van der Waals surface area (Å²) in [5.41, 5.74) is 9.96. The first-order valence-corrected chi connectivity index (χ1v) is 13.3. The zero-order chi connectivity index (χ0) is 28.4. The lowest BCUT2D eigenvalue weighted by Crippen LogP contribution is -2.46. The molecule has 14 heteroatoms. The van der Waals surface area contributed by atoms with E-state index in [1.54, 1.807) is 31.6 Å². The molecule has 5 aromatic heterocycles. The number of ketones is 1. The molecule has 2 aliphatic rings. The van der Waals surface area contributed by atoms with Crippen molar-refractivity contribution < 1.29 is 14.0 Å². The molecule has 0 aromatic carbocycles. The second-order valence-corrected chi connectivity index (χ2v) is 10.6. The lowest BCUT2D eigenvalue weighted by molar-refractivity contribution is 0.0556. The van der Waals surface area contributed by atoms with Crippen LogP contribution in [0.3, 0.4) is 0 Å². The summed E-state index contributed by atoms with van der Waals surface area (Å²) in [6.07, 6.45) is 8.95. The number of anilines is 1. The van der Waals surface area contributed by atoms with Gasteiger partial charge in [-0.2, -0.15) is 14.7 Å². The number of halogens is 1. The molecule has 2 fully saturated rings. The van der Waals surface area contributed by atoms with Gasteiger partial charge in [0.2, 0.25) is 5.82 Å². The summed E-state index contributed by atoms with van der Waals surface area (Å²) in [5, 5.41) is 16.2. The van der Waals surface area contributed by atoms with Crippen molar-refractivity contribution in [1.29, 1.82) is 0 Å². The SMILES string of the molecule is CC(=O)c1c([C@@H]2CC3CC[C@@H](C2)N3C(=O)c2nnc[nH]2)nc2c(-c3ccc(-c4nn(C)cc4F)nc3)cnn2c1N. The van der Waals surface area contributed by atoms with Gasteiger partial charge in [0.15, 0.2) is 17.2 Å². The van der Waals surface area contributed by atoms with E-state index in [2.05, 4.69) is 30.4 Å². The molecule has 7 rings (SSSR count). The van der Waals surface area contributed by atoms with Gasteiger partial charge in [-0.05, 0) is 38.7 Å². The van der Waals surface area contributed by atoms with Crippen LogP contribution in [-0.4, -0.2) is 73.2 Å². The van der Waals surface area contributed by atoms with E-state index in [0.29, 0.717) is 46.6 Å². The van der Waals surface area contributed by atoms with E-state index < -0.39 is 5.82 Å². The van der Waals surface area contributed by atoms with Crippen molar-refractivity contribution in [3.8, 4) is 22.5 Å². The van der Waals surface area contributed by atoms with E-state index in [1.165, 1.54) is 28.6 Å². The standard InChI is InChI=1S/C27H26FN11O2/c1-13(40)21-22(15-7-16-4-5-17(8-15)38(16)27(41)25-31-12-32-35-25)34-26-18(10-33-39(26)24(21)29)14-3-6-20(30-9-14)23-19(28)11-37(2)36-23/h3,6,9-12,15-17H,4-5,7-8,29H2,1-2H3,(H,31,32,35)/t15-,16-,17?/m0/s1. The molecule has 1 unspecified atom stereocenters. The van der Waals surface area contributed by atoms with Crippen LogP contribution in [0.25, 0.3) is 28.2 Å². The minimum Gasteiger partial charge on any atom is -0.383 e. The highest BCUT2D eigenvalue weighted by Crippen LogP contribution is 2.45. The molecule has 3 atom stereocenters. The number of piperidine rings is 1. The van der Waals surface area contributed by atoms with Crippen LogP contribution in [-0.2, 0) is 7.05 Å². The maximum absolute atomic E-state index is 14.2. The topological polar surface area (TPSA) is 166 Å². The van der Waals surface area contributed by atoms with E-state index in [9.17, 15) is 14.0 Å². The van der Waals surface area contributed by atoms with Crippen LogP contribution < -0.4 is 5.73 Å². The zero-order valence-electron chi connectivity index (χ0n) is 22.3. The van der Waals surface area contributed by atoms with Crippen molar-refractivity contribution in [2.75, 3.05) is 5.73 Å². The number of rotatable bonds is 5. The number of hydrogen-bond donors (Lipinski definition) is 2. The Bertz CT molecular complexity index is 1800. The largest absolute Gasteiger partial charge is 0.383 e.